The summed E-state index contributed by atoms with van der Waals surface area (Å²) >= 11 is 0. The summed E-state index contributed by atoms with van der Waals surface area (Å²) < 4.78 is 0. The molecule has 0 heterocycles. The molecule has 2 rings (SSSR count). The summed E-state index contributed by atoms with van der Waals surface area (Å²) in [6.07, 6.45) is 1.52. The van der Waals surface area contributed by atoms with Crippen LogP contribution in [0.3, 0.4) is 0 Å². The number of fused-ring (bicyclic) bond motifs is 1. The fraction of sp³-hybridized carbons (Fsp3) is 0.400. The van der Waals surface area contributed by atoms with E-state index in [0.29, 0.717) is 12.8 Å². The minimum absolute atomic E-state index is 0.357. The summed E-state index contributed by atoms with van der Waals surface area (Å²) in [5, 5.41) is 17.4. The molecule has 0 fully saturated rings. The lowest BCUT2D eigenvalue weighted by Gasteiger charge is -2.31. The second-order valence-corrected chi connectivity index (χ2v) is 3.54. The number of benzene rings is 1. The van der Waals surface area contributed by atoms with E-state index in [0.717, 1.165) is 12.0 Å². The van der Waals surface area contributed by atoms with E-state index in [1.54, 1.807) is 0 Å². The molecule has 0 unspecified atom stereocenters. The van der Waals surface area contributed by atoms with E-state index in [9.17, 15) is 0 Å². The molecule has 0 amide bonds. The molecule has 1 aliphatic rings. The number of rotatable bonds is 2. The van der Waals surface area contributed by atoms with Crippen molar-refractivity contribution in [2.45, 2.75) is 25.0 Å². The first kappa shape index (κ1) is 9.61. The maximum absolute atomic E-state index is 8.68. The van der Waals surface area contributed by atoms with Gasteiger partial charge in [0.05, 0.1) is 0 Å². The van der Waals surface area contributed by atoms with Gasteiger partial charge in [0.25, 0.3) is 0 Å². The van der Waals surface area contributed by atoms with Gasteiger partial charge in [-0.1, -0.05) is 24.3 Å². The van der Waals surface area contributed by atoms with E-state index in [2.05, 4.69) is 9.78 Å². The Kier molecular flexibility index (Phi) is 2.52. The van der Waals surface area contributed by atoms with Crippen molar-refractivity contribution >= 4 is 0 Å². The summed E-state index contributed by atoms with van der Waals surface area (Å²) in [5.74, 6) is -1.28. The molecule has 76 valence electrons. The van der Waals surface area contributed by atoms with Crippen LogP contribution in [0.1, 0.15) is 17.5 Å². The molecule has 1 aromatic rings. The second-order valence-electron chi connectivity index (χ2n) is 3.54. The zero-order chi connectivity index (χ0) is 10.0. The zero-order valence-electron chi connectivity index (χ0n) is 7.64. The molecule has 0 radical (unpaired) electrons. The van der Waals surface area contributed by atoms with Gasteiger partial charge < -0.3 is 0 Å². The SMILES string of the molecule is OOC1(OO)CCc2ccccc2C1. The van der Waals surface area contributed by atoms with E-state index in [-0.39, 0.29) is 0 Å². The normalized spacial score (nSPS) is 19.0. The highest BCUT2D eigenvalue weighted by molar-refractivity contribution is 5.30. The Balaban J connectivity index is 2.28. The lowest BCUT2D eigenvalue weighted by Crippen LogP contribution is -2.40. The minimum atomic E-state index is -1.28. The molecule has 1 aromatic carbocycles. The van der Waals surface area contributed by atoms with E-state index in [4.69, 9.17) is 10.5 Å². The van der Waals surface area contributed by atoms with Crippen LogP contribution in [0.15, 0.2) is 24.3 Å². The van der Waals surface area contributed by atoms with Crippen molar-refractivity contribution in [3.05, 3.63) is 35.4 Å². The van der Waals surface area contributed by atoms with Gasteiger partial charge >= 0.3 is 0 Å². The highest BCUT2D eigenvalue weighted by Gasteiger charge is 2.37. The number of hydrogen-bond acceptors (Lipinski definition) is 4. The topological polar surface area (TPSA) is 58.9 Å². The lowest BCUT2D eigenvalue weighted by atomic mass is 9.87. The van der Waals surface area contributed by atoms with Crippen LogP contribution in [0, 0.1) is 0 Å². The summed E-state index contributed by atoms with van der Waals surface area (Å²) in [6, 6.07) is 7.82. The molecule has 1 aliphatic carbocycles. The van der Waals surface area contributed by atoms with Gasteiger partial charge in [-0.15, -0.1) is 0 Å². The summed E-state index contributed by atoms with van der Waals surface area (Å²) in [6.45, 7) is 0. The van der Waals surface area contributed by atoms with E-state index < -0.39 is 5.79 Å². The van der Waals surface area contributed by atoms with Crippen LogP contribution in [-0.2, 0) is 22.6 Å². The van der Waals surface area contributed by atoms with E-state index in [1.807, 2.05) is 24.3 Å². The van der Waals surface area contributed by atoms with E-state index in [1.165, 1.54) is 5.56 Å². The molecule has 0 bridgehead atoms. The summed E-state index contributed by atoms with van der Waals surface area (Å²) in [4.78, 5) is 8.43. The Morgan fingerprint density at radius 2 is 1.71 bits per heavy atom. The third-order valence-corrected chi connectivity index (χ3v) is 2.69. The monoisotopic (exact) mass is 196 g/mol. The molecule has 0 atom stereocenters. The zero-order valence-corrected chi connectivity index (χ0v) is 7.64. The summed E-state index contributed by atoms with van der Waals surface area (Å²) in [7, 11) is 0. The van der Waals surface area contributed by atoms with Crippen LogP contribution >= 0.6 is 0 Å². The highest BCUT2D eigenvalue weighted by Crippen LogP contribution is 2.31. The lowest BCUT2D eigenvalue weighted by molar-refractivity contribution is -0.488. The highest BCUT2D eigenvalue weighted by atomic mass is 17.2. The molecule has 0 saturated heterocycles. The van der Waals surface area contributed by atoms with Crippen molar-refractivity contribution in [1.82, 2.24) is 0 Å². The van der Waals surface area contributed by atoms with Gasteiger partial charge in [0.1, 0.15) is 0 Å². The average molecular weight is 196 g/mol. The molecule has 0 aliphatic heterocycles. The molecule has 0 spiro atoms. The van der Waals surface area contributed by atoms with Gasteiger partial charge in [-0.25, -0.2) is 20.3 Å². The van der Waals surface area contributed by atoms with Gasteiger partial charge in [-0.3, -0.25) is 0 Å². The Bertz CT molecular complexity index is 320. The fourth-order valence-corrected chi connectivity index (χ4v) is 1.85. The fourth-order valence-electron chi connectivity index (χ4n) is 1.85. The molecule has 0 saturated carbocycles. The largest absolute Gasteiger partial charge is 0.249 e. The quantitative estimate of drug-likeness (QED) is 0.430. The molecule has 4 nitrogen and oxygen atoms in total. The number of hydrogen-bond donors (Lipinski definition) is 2. The van der Waals surface area contributed by atoms with Crippen molar-refractivity contribution in [2.24, 2.45) is 0 Å². The van der Waals surface area contributed by atoms with Crippen molar-refractivity contribution in [3.8, 4) is 0 Å². The Hall–Kier alpha value is -0.940. The molecular weight excluding hydrogens is 184 g/mol. The van der Waals surface area contributed by atoms with Gasteiger partial charge in [0.15, 0.2) is 0 Å². The predicted molar refractivity (Wildman–Crippen MR) is 48.6 cm³/mol. The van der Waals surface area contributed by atoms with Crippen LogP contribution in [0.2, 0.25) is 0 Å². The molecule has 14 heavy (non-hydrogen) atoms. The van der Waals surface area contributed by atoms with Crippen LogP contribution in [0.5, 0.6) is 0 Å². The third kappa shape index (κ3) is 1.53. The van der Waals surface area contributed by atoms with Crippen LogP contribution in [0.4, 0.5) is 0 Å². The molecular formula is C10H12O4. The van der Waals surface area contributed by atoms with Crippen molar-refractivity contribution in [2.75, 3.05) is 0 Å². The van der Waals surface area contributed by atoms with Crippen molar-refractivity contribution in [3.63, 3.8) is 0 Å². The van der Waals surface area contributed by atoms with Gasteiger partial charge in [-0.2, -0.15) is 0 Å². The minimum Gasteiger partial charge on any atom is -0.249 e. The standard InChI is InChI=1S/C10H12O4/c11-13-10(14-12)6-5-8-3-1-2-4-9(8)7-10/h1-4,11-12H,5-7H2. The number of aryl methyl sites for hydroxylation is 1. The Morgan fingerprint density at radius 3 is 2.36 bits per heavy atom. The maximum atomic E-state index is 8.68. The van der Waals surface area contributed by atoms with Crippen LogP contribution in [-0.4, -0.2) is 16.3 Å². The predicted octanol–water partition coefficient (Wildman–Crippen LogP) is 1.85. The van der Waals surface area contributed by atoms with Crippen molar-refractivity contribution < 1.29 is 20.3 Å². The molecule has 2 N–H and O–H groups in total. The van der Waals surface area contributed by atoms with Crippen LogP contribution < -0.4 is 0 Å². The first-order chi connectivity index (χ1) is 6.79. The first-order valence-corrected chi connectivity index (χ1v) is 4.51. The third-order valence-electron chi connectivity index (χ3n) is 2.69. The smallest absolute Gasteiger partial charge is 0.237 e. The first-order valence-electron chi connectivity index (χ1n) is 4.51. The van der Waals surface area contributed by atoms with E-state index >= 15 is 0 Å². The van der Waals surface area contributed by atoms with Gasteiger partial charge in [0, 0.05) is 12.8 Å². The van der Waals surface area contributed by atoms with Crippen molar-refractivity contribution in [1.29, 1.82) is 0 Å². The van der Waals surface area contributed by atoms with Gasteiger partial charge in [0.2, 0.25) is 5.79 Å². The Labute approximate surface area is 81.6 Å². The molecule has 0 aromatic heterocycles. The van der Waals surface area contributed by atoms with Crippen LogP contribution in [0.25, 0.3) is 0 Å². The average Bonchev–Trinajstić information content (AvgIpc) is 2.28. The second kappa shape index (κ2) is 3.67. The molecule has 4 heteroatoms. The Morgan fingerprint density at radius 1 is 1.07 bits per heavy atom. The van der Waals surface area contributed by atoms with Gasteiger partial charge in [-0.05, 0) is 17.5 Å². The maximum Gasteiger partial charge on any atom is 0.237 e. The summed E-state index contributed by atoms with van der Waals surface area (Å²) in [5.41, 5.74) is 2.24.